The standard InChI is InChI=1S/C23H27NO5/c1-4-5-14-29-23(27)17-8-6-7-9-19(17)24-22(26)13-11-20(25)18-15-16(2)10-12-21(18)28-3/h6-10,12,15H,4-5,11,13-14H2,1-3H3,(H,24,26). The number of hydrogen-bond acceptors (Lipinski definition) is 5. The minimum absolute atomic E-state index is 0.00482. The highest BCUT2D eigenvalue weighted by molar-refractivity contribution is 6.04. The Labute approximate surface area is 171 Å². The van der Waals surface area contributed by atoms with E-state index in [1.165, 1.54) is 7.11 Å². The minimum atomic E-state index is -0.477. The van der Waals surface area contributed by atoms with Gasteiger partial charge in [0.05, 0.1) is 30.5 Å². The fourth-order valence-corrected chi connectivity index (χ4v) is 2.77. The molecular formula is C23H27NO5. The van der Waals surface area contributed by atoms with E-state index in [4.69, 9.17) is 9.47 Å². The first-order valence-corrected chi connectivity index (χ1v) is 9.70. The van der Waals surface area contributed by atoms with Crippen LogP contribution < -0.4 is 10.1 Å². The van der Waals surface area contributed by atoms with Gasteiger partial charge in [0.15, 0.2) is 5.78 Å². The quantitative estimate of drug-likeness (QED) is 0.361. The van der Waals surface area contributed by atoms with Crippen LogP contribution in [0.4, 0.5) is 5.69 Å². The highest BCUT2D eigenvalue weighted by atomic mass is 16.5. The highest BCUT2D eigenvalue weighted by Gasteiger charge is 2.17. The van der Waals surface area contributed by atoms with Crippen molar-refractivity contribution < 1.29 is 23.9 Å². The molecule has 0 aliphatic carbocycles. The summed E-state index contributed by atoms with van der Waals surface area (Å²) in [6.45, 7) is 4.24. The van der Waals surface area contributed by atoms with Gasteiger partial charge >= 0.3 is 5.97 Å². The molecule has 0 aromatic heterocycles. The van der Waals surface area contributed by atoms with Crippen LogP contribution in [0, 0.1) is 6.92 Å². The summed E-state index contributed by atoms with van der Waals surface area (Å²) in [7, 11) is 1.50. The van der Waals surface area contributed by atoms with Gasteiger partial charge in [0, 0.05) is 12.8 Å². The van der Waals surface area contributed by atoms with E-state index >= 15 is 0 Å². The Kier molecular flexibility index (Phi) is 8.40. The van der Waals surface area contributed by atoms with Crippen molar-refractivity contribution >= 4 is 23.3 Å². The number of anilines is 1. The zero-order valence-electron chi connectivity index (χ0n) is 17.1. The number of amides is 1. The average Bonchev–Trinajstić information content (AvgIpc) is 2.72. The van der Waals surface area contributed by atoms with E-state index in [9.17, 15) is 14.4 Å². The monoisotopic (exact) mass is 397 g/mol. The number of ketones is 1. The van der Waals surface area contributed by atoms with Gasteiger partial charge in [-0.05, 0) is 37.6 Å². The summed E-state index contributed by atoms with van der Waals surface area (Å²) in [4.78, 5) is 37.1. The minimum Gasteiger partial charge on any atom is -0.496 e. The molecule has 6 heteroatoms. The number of esters is 1. The maximum atomic E-state index is 12.5. The Bertz CT molecular complexity index is 875. The lowest BCUT2D eigenvalue weighted by Gasteiger charge is -2.11. The van der Waals surface area contributed by atoms with E-state index < -0.39 is 5.97 Å². The van der Waals surface area contributed by atoms with Gasteiger partial charge in [0.25, 0.3) is 0 Å². The SMILES string of the molecule is CCCCOC(=O)c1ccccc1NC(=O)CCC(=O)c1cc(C)ccc1OC. The second kappa shape index (κ2) is 11.0. The first kappa shape index (κ1) is 22.1. The van der Waals surface area contributed by atoms with Gasteiger partial charge in [-0.15, -0.1) is 0 Å². The number of para-hydroxylation sites is 1. The molecule has 0 atom stereocenters. The van der Waals surface area contributed by atoms with Gasteiger partial charge < -0.3 is 14.8 Å². The third-order valence-corrected chi connectivity index (χ3v) is 4.39. The number of carbonyl (C=O) groups is 3. The number of unbranched alkanes of at least 4 members (excludes halogenated alkanes) is 1. The molecule has 0 aliphatic rings. The lowest BCUT2D eigenvalue weighted by molar-refractivity contribution is -0.116. The van der Waals surface area contributed by atoms with E-state index in [2.05, 4.69) is 5.32 Å². The molecule has 1 N–H and O–H groups in total. The maximum Gasteiger partial charge on any atom is 0.340 e. The number of aryl methyl sites for hydroxylation is 1. The summed E-state index contributed by atoms with van der Waals surface area (Å²) in [5.74, 6) is -0.511. The molecule has 0 unspecified atom stereocenters. The summed E-state index contributed by atoms with van der Waals surface area (Å²) in [6, 6.07) is 12.0. The van der Waals surface area contributed by atoms with Crippen LogP contribution in [0.5, 0.6) is 5.75 Å². The predicted molar refractivity (Wildman–Crippen MR) is 112 cm³/mol. The van der Waals surface area contributed by atoms with Crippen molar-refractivity contribution in [3.63, 3.8) is 0 Å². The molecule has 0 fully saturated rings. The van der Waals surface area contributed by atoms with E-state index in [0.717, 1.165) is 18.4 Å². The number of carbonyl (C=O) groups excluding carboxylic acids is 3. The van der Waals surface area contributed by atoms with Crippen LogP contribution >= 0.6 is 0 Å². The summed E-state index contributed by atoms with van der Waals surface area (Å²) in [5, 5.41) is 2.71. The van der Waals surface area contributed by atoms with Crippen molar-refractivity contribution in [1.29, 1.82) is 0 Å². The van der Waals surface area contributed by atoms with Crippen LogP contribution in [-0.2, 0) is 9.53 Å². The number of ether oxygens (including phenoxy) is 2. The van der Waals surface area contributed by atoms with Crippen LogP contribution in [0.25, 0.3) is 0 Å². The zero-order valence-corrected chi connectivity index (χ0v) is 17.1. The lowest BCUT2D eigenvalue weighted by Crippen LogP contribution is -2.17. The number of rotatable bonds is 10. The number of benzene rings is 2. The second-order valence-electron chi connectivity index (χ2n) is 6.71. The molecule has 0 bridgehead atoms. The maximum absolute atomic E-state index is 12.5. The summed E-state index contributed by atoms with van der Waals surface area (Å²) in [5.41, 5.74) is 2.07. The summed E-state index contributed by atoms with van der Waals surface area (Å²) < 4.78 is 10.5. The van der Waals surface area contributed by atoms with Crippen molar-refractivity contribution in [2.45, 2.75) is 39.5 Å². The number of Topliss-reactive ketones (excluding diaryl/α,β-unsaturated/α-hetero) is 1. The number of hydrogen-bond donors (Lipinski definition) is 1. The Morgan fingerprint density at radius 3 is 2.48 bits per heavy atom. The molecule has 0 aliphatic heterocycles. The molecule has 6 nitrogen and oxygen atoms in total. The van der Waals surface area contributed by atoms with Gasteiger partial charge in [-0.3, -0.25) is 9.59 Å². The third-order valence-electron chi connectivity index (χ3n) is 4.39. The molecule has 2 rings (SSSR count). The van der Waals surface area contributed by atoms with Crippen LogP contribution in [0.3, 0.4) is 0 Å². The molecule has 2 aromatic rings. The Morgan fingerprint density at radius 1 is 1.00 bits per heavy atom. The fraction of sp³-hybridized carbons (Fsp3) is 0.348. The average molecular weight is 397 g/mol. The zero-order chi connectivity index (χ0) is 21.2. The normalized spacial score (nSPS) is 10.3. The first-order valence-electron chi connectivity index (χ1n) is 9.70. The lowest BCUT2D eigenvalue weighted by atomic mass is 10.0. The van der Waals surface area contributed by atoms with Crippen molar-refractivity contribution in [2.24, 2.45) is 0 Å². The molecule has 1 amide bonds. The molecule has 2 aromatic carbocycles. The van der Waals surface area contributed by atoms with Crippen LogP contribution in [-0.4, -0.2) is 31.4 Å². The Hall–Kier alpha value is -3.15. The van der Waals surface area contributed by atoms with E-state index in [-0.39, 0.29) is 24.5 Å². The second-order valence-corrected chi connectivity index (χ2v) is 6.71. The predicted octanol–water partition coefficient (Wildman–Crippen LogP) is 4.56. The van der Waals surface area contributed by atoms with Gasteiger partial charge in [0.2, 0.25) is 5.91 Å². The van der Waals surface area contributed by atoms with Crippen molar-refractivity contribution in [3.8, 4) is 5.75 Å². The smallest absolute Gasteiger partial charge is 0.340 e. The fourth-order valence-electron chi connectivity index (χ4n) is 2.77. The Balaban J connectivity index is 1.99. The molecule has 0 saturated carbocycles. The van der Waals surface area contributed by atoms with E-state index in [0.29, 0.717) is 29.2 Å². The summed E-state index contributed by atoms with van der Waals surface area (Å²) in [6.07, 6.45) is 1.74. The van der Waals surface area contributed by atoms with E-state index in [1.54, 1.807) is 36.4 Å². The molecule has 0 heterocycles. The summed E-state index contributed by atoms with van der Waals surface area (Å²) >= 11 is 0. The van der Waals surface area contributed by atoms with Crippen LogP contribution in [0.1, 0.15) is 58.9 Å². The third kappa shape index (κ3) is 6.45. The van der Waals surface area contributed by atoms with Gasteiger partial charge in [-0.25, -0.2) is 4.79 Å². The van der Waals surface area contributed by atoms with Crippen molar-refractivity contribution in [3.05, 3.63) is 59.2 Å². The molecule has 0 spiro atoms. The number of nitrogens with one attached hydrogen (secondary N) is 1. The Morgan fingerprint density at radius 2 is 1.76 bits per heavy atom. The van der Waals surface area contributed by atoms with Crippen molar-refractivity contribution in [1.82, 2.24) is 0 Å². The molecule has 29 heavy (non-hydrogen) atoms. The molecule has 154 valence electrons. The highest BCUT2D eigenvalue weighted by Crippen LogP contribution is 2.22. The van der Waals surface area contributed by atoms with Gasteiger partial charge in [-0.1, -0.05) is 37.1 Å². The molecular weight excluding hydrogens is 370 g/mol. The number of methoxy groups -OCH3 is 1. The largest absolute Gasteiger partial charge is 0.496 e. The van der Waals surface area contributed by atoms with Gasteiger partial charge in [-0.2, -0.15) is 0 Å². The topological polar surface area (TPSA) is 81.7 Å². The first-order chi connectivity index (χ1) is 14.0. The van der Waals surface area contributed by atoms with E-state index in [1.807, 2.05) is 19.9 Å². The van der Waals surface area contributed by atoms with Gasteiger partial charge in [0.1, 0.15) is 5.75 Å². The molecule has 0 radical (unpaired) electrons. The van der Waals surface area contributed by atoms with Crippen LogP contribution in [0.15, 0.2) is 42.5 Å². The molecule has 0 saturated heterocycles. The van der Waals surface area contributed by atoms with Crippen LogP contribution in [0.2, 0.25) is 0 Å². The van der Waals surface area contributed by atoms with Crippen molar-refractivity contribution in [2.75, 3.05) is 19.0 Å².